The van der Waals surface area contributed by atoms with Gasteiger partial charge in [0.15, 0.2) is 11.6 Å². The summed E-state index contributed by atoms with van der Waals surface area (Å²) in [5.74, 6) is 0.742. The minimum Gasteiger partial charge on any atom is -0.295 e. The van der Waals surface area contributed by atoms with E-state index in [-0.39, 0.29) is 5.78 Å². The molecule has 1 heterocycles. The Morgan fingerprint density at radius 1 is 0.889 bits per heavy atom. The number of rotatable bonds is 5. The van der Waals surface area contributed by atoms with Gasteiger partial charge in [0.2, 0.25) is 0 Å². The number of aromatic nitrogens is 4. The van der Waals surface area contributed by atoms with Crippen LogP contribution in [-0.4, -0.2) is 26.0 Å². The quantitative estimate of drug-likeness (QED) is 0.503. The topological polar surface area (TPSA) is 60.7 Å². The molecule has 5 nitrogen and oxygen atoms in total. The van der Waals surface area contributed by atoms with E-state index in [9.17, 15) is 4.79 Å². The third kappa shape index (κ3) is 3.53. The molecule has 1 aromatic heterocycles. The summed E-state index contributed by atoms with van der Waals surface area (Å²) in [4.78, 5) is 11.8. The molecule has 132 valence electrons. The van der Waals surface area contributed by atoms with E-state index >= 15 is 0 Å². The van der Waals surface area contributed by atoms with Crippen LogP contribution in [0.15, 0.2) is 78.9 Å². The van der Waals surface area contributed by atoms with Gasteiger partial charge in [0.25, 0.3) is 0 Å². The first kappa shape index (κ1) is 16.8. The van der Waals surface area contributed by atoms with Crippen molar-refractivity contribution in [1.82, 2.24) is 20.2 Å². The lowest BCUT2D eigenvalue weighted by atomic mass is 9.97. The molecule has 0 unspecified atom stereocenters. The van der Waals surface area contributed by atoms with Crippen LogP contribution in [0.5, 0.6) is 0 Å². The summed E-state index contributed by atoms with van der Waals surface area (Å²) < 4.78 is 1.79. The summed E-state index contributed by atoms with van der Waals surface area (Å²) >= 11 is 0. The van der Waals surface area contributed by atoms with Crippen molar-refractivity contribution in [3.8, 4) is 22.5 Å². The molecule has 4 rings (SSSR count). The van der Waals surface area contributed by atoms with Gasteiger partial charge in [0.05, 0.1) is 6.54 Å². The monoisotopic (exact) mass is 354 g/mol. The van der Waals surface area contributed by atoms with Gasteiger partial charge in [-0.25, -0.2) is 4.68 Å². The van der Waals surface area contributed by atoms with Crippen LogP contribution in [0, 0.1) is 0 Å². The van der Waals surface area contributed by atoms with Crippen LogP contribution >= 0.6 is 0 Å². The number of carbonyl (C=O) groups is 1. The minimum atomic E-state index is 0.0447. The third-order valence-corrected chi connectivity index (χ3v) is 4.46. The Balaban J connectivity index is 1.78. The van der Waals surface area contributed by atoms with Gasteiger partial charge in [-0.15, -0.1) is 5.10 Å². The van der Waals surface area contributed by atoms with Crippen molar-refractivity contribution in [2.75, 3.05) is 0 Å². The van der Waals surface area contributed by atoms with Crippen molar-refractivity contribution < 1.29 is 4.79 Å². The predicted molar refractivity (Wildman–Crippen MR) is 104 cm³/mol. The van der Waals surface area contributed by atoms with E-state index in [0.717, 1.165) is 22.3 Å². The first-order valence-corrected chi connectivity index (χ1v) is 8.73. The molecule has 0 atom stereocenters. The molecule has 0 amide bonds. The molecule has 0 bridgehead atoms. The first-order valence-electron chi connectivity index (χ1n) is 8.73. The number of tetrazole rings is 1. The molecule has 5 heteroatoms. The fraction of sp³-hybridized carbons (Fsp3) is 0.0909. The molecular formula is C22H18N4O. The molecule has 27 heavy (non-hydrogen) atoms. The molecule has 0 saturated carbocycles. The molecule has 0 N–H and O–H groups in total. The zero-order chi connectivity index (χ0) is 18.6. The smallest absolute Gasteiger partial charge is 0.182 e. The number of Topliss-reactive ketones (excluding diaryl/α,β-unsaturated/α-hetero) is 1. The molecular weight excluding hydrogens is 336 g/mol. The highest BCUT2D eigenvalue weighted by Gasteiger charge is 2.15. The van der Waals surface area contributed by atoms with Crippen LogP contribution in [0.2, 0.25) is 0 Å². The molecule has 0 fully saturated rings. The normalized spacial score (nSPS) is 10.7. The van der Waals surface area contributed by atoms with E-state index in [2.05, 4.69) is 15.5 Å². The maximum absolute atomic E-state index is 11.8. The average molecular weight is 354 g/mol. The number of carbonyl (C=O) groups excluding carboxylic acids is 1. The van der Waals surface area contributed by atoms with Crippen molar-refractivity contribution in [1.29, 1.82) is 0 Å². The second-order valence-electron chi connectivity index (χ2n) is 6.33. The summed E-state index contributed by atoms with van der Waals surface area (Å²) in [7, 11) is 0. The van der Waals surface area contributed by atoms with Crippen LogP contribution in [0.1, 0.15) is 22.8 Å². The van der Waals surface area contributed by atoms with Gasteiger partial charge in [0.1, 0.15) is 0 Å². The van der Waals surface area contributed by atoms with Gasteiger partial charge in [-0.1, -0.05) is 72.8 Å². The molecule has 0 aliphatic carbocycles. The van der Waals surface area contributed by atoms with Crippen molar-refractivity contribution in [2.45, 2.75) is 13.5 Å². The van der Waals surface area contributed by atoms with Gasteiger partial charge in [-0.2, -0.15) is 0 Å². The van der Waals surface area contributed by atoms with Crippen molar-refractivity contribution in [3.63, 3.8) is 0 Å². The van der Waals surface area contributed by atoms with E-state index in [4.69, 9.17) is 0 Å². The molecule has 0 spiro atoms. The number of nitrogens with zero attached hydrogens (tertiary/aromatic N) is 4. The first-order chi connectivity index (χ1) is 13.2. The minimum absolute atomic E-state index is 0.0447. The summed E-state index contributed by atoms with van der Waals surface area (Å²) in [6.07, 6.45) is 0. The maximum Gasteiger partial charge on any atom is 0.182 e. The van der Waals surface area contributed by atoms with Crippen molar-refractivity contribution in [2.24, 2.45) is 0 Å². The zero-order valence-corrected chi connectivity index (χ0v) is 14.9. The average Bonchev–Trinajstić information content (AvgIpc) is 3.17. The van der Waals surface area contributed by atoms with E-state index in [0.29, 0.717) is 17.9 Å². The summed E-state index contributed by atoms with van der Waals surface area (Å²) in [6.45, 7) is 2.16. The Hall–Kier alpha value is -3.60. The number of hydrogen-bond donors (Lipinski definition) is 0. The van der Waals surface area contributed by atoms with E-state index in [1.807, 2.05) is 78.9 Å². The van der Waals surface area contributed by atoms with E-state index in [1.54, 1.807) is 11.6 Å². The van der Waals surface area contributed by atoms with Crippen molar-refractivity contribution >= 4 is 5.78 Å². The fourth-order valence-electron chi connectivity index (χ4n) is 3.10. The maximum atomic E-state index is 11.8. The largest absolute Gasteiger partial charge is 0.295 e. The number of benzene rings is 3. The lowest BCUT2D eigenvalue weighted by molar-refractivity contribution is 0.101. The SMILES string of the molecule is CC(=O)c1cccc(-c2ccccc2-c2nnnn2Cc2ccccc2)c1. The molecule has 3 aromatic carbocycles. The Morgan fingerprint density at radius 3 is 2.41 bits per heavy atom. The molecule has 0 radical (unpaired) electrons. The van der Waals surface area contributed by atoms with Crippen LogP contribution in [0.3, 0.4) is 0 Å². The summed E-state index contributed by atoms with van der Waals surface area (Å²) in [6, 6.07) is 25.7. The van der Waals surface area contributed by atoms with Crippen molar-refractivity contribution in [3.05, 3.63) is 90.0 Å². The zero-order valence-electron chi connectivity index (χ0n) is 14.9. The number of ketones is 1. The predicted octanol–water partition coefficient (Wildman–Crippen LogP) is 4.26. The van der Waals surface area contributed by atoms with Gasteiger partial charge in [-0.3, -0.25) is 4.79 Å². The highest BCUT2D eigenvalue weighted by atomic mass is 16.1. The summed E-state index contributed by atoms with van der Waals surface area (Å²) in [5.41, 5.74) is 4.70. The fourth-order valence-corrected chi connectivity index (χ4v) is 3.10. The molecule has 0 saturated heterocycles. The lowest BCUT2D eigenvalue weighted by Gasteiger charge is -2.11. The van der Waals surface area contributed by atoms with E-state index < -0.39 is 0 Å². The Kier molecular flexibility index (Phi) is 4.58. The second kappa shape index (κ2) is 7.33. The second-order valence-corrected chi connectivity index (χ2v) is 6.33. The van der Waals surface area contributed by atoms with Crippen LogP contribution in [-0.2, 0) is 6.54 Å². The lowest BCUT2D eigenvalue weighted by Crippen LogP contribution is -2.05. The van der Waals surface area contributed by atoms with Gasteiger partial charge >= 0.3 is 0 Å². The van der Waals surface area contributed by atoms with E-state index in [1.165, 1.54) is 0 Å². The Bertz CT molecular complexity index is 1090. The van der Waals surface area contributed by atoms with Crippen LogP contribution in [0.25, 0.3) is 22.5 Å². The number of hydrogen-bond acceptors (Lipinski definition) is 4. The summed E-state index contributed by atoms with van der Waals surface area (Å²) in [5, 5.41) is 12.3. The molecule has 4 aromatic rings. The standard InChI is InChI=1S/C22H18N4O/c1-16(27)18-10-7-11-19(14-18)20-12-5-6-13-21(20)22-23-24-25-26(22)15-17-8-3-2-4-9-17/h2-14H,15H2,1H3. The van der Waals surface area contributed by atoms with Crippen LogP contribution in [0.4, 0.5) is 0 Å². The molecule has 0 aliphatic rings. The Morgan fingerprint density at radius 2 is 1.63 bits per heavy atom. The van der Waals surface area contributed by atoms with Crippen LogP contribution < -0.4 is 0 Å². The Labute approximate surface area is 157 Å². The highest BCUT2D eigenvalue weighted by Crippen LogP contribution is 2.31. The third-order valence-electron chi connectivity index (χ3n) is 4.46. The van der Waals surface area contributed by atoms with Gasteiger partial charge in [0, 0.05) is 11.1 Å². The van der Waals surface area contributed by atoms with Gasteiger partial charge in [-0.05, 0) is 40.1 Å². The molecule has 0 aliphatic heterocycles. The highest BCUT2D eigenvalue weighted by molar-refractivity contribution is 5.96. The van der Waals surface area contributed by atoms with Gasteiger partial charge < -0.3 is 0 Å².